The van der Waals surface area contributed by atoms with Gasteiger partial charge in [-0.05, 0) is 48.5 Å². The third-order valence-electron chi connectivity index (χ3n) is 1.71. The Bertz CT molecular complexity index is 487. The van der Waals surface area contributed by atoms with Crippen LogP contribution in [0.25, 0.3) is 0 Å². The molecular weight excluding hydrogens is 300 g/mol. The molecule has 0 aromatic carbocycles. The molecule has 0 aromatic heterocycles. The summed E-state index contributed by atoms with van der Waals surface area (Å²) in [5, 5.41) is 0. The Hall–Kier alpha value is -1.35. The SMILES string of the molecule is C[C@H](NS(=O)(=O)NC(=O)OC(C)(C)C)C(=O)OC(C)(C)C. The first kappa shape index (κ1) is 19.7. The van der Waals surface area contributed by atoms with Crippen LogP contribution in [0.2, 0.25) is 0 Å². The second kappa shape index (κ2) is 6.61. The Kier molecular flexibility index (Phi) is 6.18. The molecular formula is C12H24N2O6S. The molecule has 0 radical (unpaired) electrons. The summed E-state index contributed by atoms with van der Waals surface area (Å²) < 4.78 is 36.8. The standard InChI is InChI=1S/C12H24N2O6S/c1-8(9(15)19-11(2,3)4)13-21(17,18)14-10(16)20-12(5,6)7/h8,13H,1-7H3,(H,14,16)/t8-/m0/s1. The van der Waals surface area contributed by atoms with Crippen LogP contribution in [0.15, 0.2) is 0 Å². The number of carbonyl (C=O) groups excluding carboxylic acids is 2. The number of amides is 1. The maximum atomic E-state index is 11.7. The van der Waals surface area contributed by atoms with Gasteiger partial charge in [0.2, 0.25) is 0 Å². The van der Waals surface area contributed by atoms with Crippen molar-refractivity contribution in [1.29, 1.82) is 0 Å². The van der Waals surface area contributed by atoms with Crippen LogP contribution in [0.3, 0.4) is 0 Å². The first-order valence-electron chi connectivity index (χ1n) is 6.37. The summed E-state index contributed by atoms with van der Waals surface area (Å²) >= 11 is 0. The molecule has 9 heteroatoms. The zero-order valence-corrected chi connectivity index (χ0v) is 14.3. The van der Waals surface area contributed by atoms with E-state index in [1.807, 2.05) is 4.72 Å². The molecule has 0 bridgehead atoms. The molecule has 0 aliphatic heterocycles. The zero-order valence-electron chi connectivity index (χ0n) is 13.4. The van der Waals surface area contributed by atoms with Crippen LogP contribution in [-0.2, 0) is 24.5 Å². The molecule has 0 spiro atoms. The van der Waals surface area contributed by atoms with Crippen LogP contribution >= 0.6 is 0 Å². The molecule has 0 rings (SSSR count). The second-order valence-corrected chi connectivity index (χ2v) is 7.93. The van der Waals surface area contributed by atoms with E-state index in [1.54, 1.807) is 46.3 Å². The van der Waals surface area contributed by atoms with Gasteiger partial charge in [0.05, 0.1) is 0 Å². The highest BCUT2D eigenvalue weighted by Gasteiger charge is 2.27. The van der Waals surface area contributed by atoms with Gasteiger partial charge in [0.25, 0.3) is 0 Å². The summed E-state index contributed by atoms with van der Waals surface area (Å²) in [6, 6.07) is -1.15. The van der Waals surface area contributed by atoms with Gasteiger partial charge in [-0.25, -0.2) is 9.52 Å². The average Bonchev–Trinajstić information content (AvgIpc) is 2.08. The summed E-state index contributed by atoms with van der Waals surface area (Å²) in [5.74, 6) is -0.753. The Balaban J connectivity index is 4.61. The molecule has 0 saturated heterocycles. The van der Waals surface area contributed by atoms with E-state index >= 15 is 0 Å². The molecule has 0 aromatic rings. The average molecular weight is 324 g/mol. The fraction of sp³-hybridized carbons (Fsp3) is 0.833. The van der Waals surface area contributed by atoms with Gasteiger partial charge in [0.15, 0.2) is 0 Å². The summed E-state index contributed by atoms with van der Waals surface area (Å²) in [7, 11) is -4.23. The van der Waals surface area contributed by atoms with Gasteiger partial charge in [-0.15, -0.1) is 0 Å². The Morgan fingerprint density at radius 3 is 1.76 bits per heavy atom. The van der Waals surface area contributed by atoms with Crippen LogP contribution in [-0.4, -0.2) is 37.7 Å². The molecule has 21 heavy (non-hydrogen) atoms. The fourth-order valence-electron chi connectivity index (χ4n) is 1.11. The number of nitrogens with one attached hydrogen (secondary N) is 2. The third kappa shape index (κ3) is 10.1. The van der Waals surface area contributed by atoms with Crippen molar-refractivity contribution in [1.82, 2.24) is 9.44 Å². The van der Waals surface area contributed by atoms with E-state index in [4.69, 9.17) is 9.47 Å². The first-order valence-corrected chi connectivity index (χ1v) is 7.85. The Morgan fingerprint density at radius 2 is 1.38 bits per heavy atom. The topological polar surface area (TPSA) is 111 Å². The van der Waals surface area contributed by atoms with Crippen molar-refractivity contribution in [3.05, 3.63) is 0 Å². The van der Waals surface area contributed by atoms with E-state index in [0.29, 0.717) is 0 Å². The molecule has 2 N–H and O–H groups in total. The van der Waals surface area contributed by atoms with Gasteiger partial charge in [-0.3, -0.25) is 4.79 Å². The highest BCUT2D eigenvalue weighted by molar-refractivity contribution is 7.88. The van der Waals surface area contributed by atoms with Crippen LogP contribution < -0.4 is 9.44 Å². The minimum atomic E-state index is -4.23. The van der Waals surface area contributed by atoms with Gasteiger partial charge in [0, 0.05) is 0 Å². The van der Waals surface area contributed by atoms with Gasteiger partial charge >= 0.3 is 22.3 Å². The van der Waals surface area contributed by atoms with Crippen LogP contribution in [0, 0.1) is 0 Å². The number of esters is 1. The van der Waals surface area contributed by atoms with Crippen LogP contribution in [0.1, 0.15) is 48.5 Å². The van der Waals surface area contributed by atoms with E-state index in [1.165, 1.54) is 6.92 Å². The van der Waals surface area contributed by atoms with Crippen molar-refractivity contribution in [3.8, 4) is 0 Å². The maximum absolute atomic E-state index is 11.7. The zero-order chi connectivity index (χ0) is 17.1. The fourth-order valence-corrected chi connectivity index (χ4v) is 1.99. The van der Waals surface area contributed by atoms with Crippen molar-refractivity contribution in [3.63, 3.8) is 0 Å². The predicted molar refractivity (Wildman–Crippen MR) is 76.7 cm³/mol. The summed E-state index contributed by atoms with van der Waals surface area (Å²) in [6.45, 7) is 11.1. The van der Waals surface area contributed by atoms with Crippen molar-refractivity contribution >= 4 is 22.3 Å². The minimum Gasteiger partial charge on any atom is -0.459 e. The molecule has 0 aliphatic carbocycles. The van der Waals surface area contributed by atoms with E-state index in [-0.39, 0.29) is 0 Å². The first-order chi connectivity index (χ1) is 9.11. The number of hydrogen-bond acceptors (Lipinski definition) is 6. The van der Waals surface area contributed by atoms with Crippen LogP contribution in [0.5, 0.6) is 0 Å². The van der Waals surface area contributed by atoms with Crippen molar-refractivity contribution in [2.75, 3.05) is 0 Å². The predicted octanol–water partition coefficient (Wildman–Crippen LogP) is 1.08. The largest absolute Gasteiger partial charge is 0.459 e. The second-order valence-electron chi connectivity index (χ2n) is 6.48. The van der Waals surface area contributed by atoms with Gasteiger partial charge in [0.1, 0.15) is 17.2 Å². The van der Waals surface area contributed by atoms with Gasteiger partial charge < -0.3 is 9.47 Å². The van der Waals surface area contributed by atoms with Crippen LogP contribution in [0.4, 0.5) is 4.79 Å². The quantitative estimate of drug-likeness (QED) is 0.749. The smallest absolute Gasteiger partial charge is 0.422 e. The number of rotatable bonds is 4. The molecule has 124 valence electrons. The molecule has 0 unspecified atom stereocenters. The lowest BCUT2D eigenvalue weighted by Gasteiger charge is -2.23. The van der Waals surface area contributed by atoms with E-state index in [9.17, 15) is 18.0 Å². The summed E-state index contributed by atoms with van der Waals surface area (Å²) in [4.78, 5) is 23.0. The molecule has 1 amide bonds. The molecule has 0 saturated carbocycles. The van der Waals surface area contributed by atoms with Crippen molar-refractivity contribution in [2.24, 2.45) is 0 Å². The van der Waals surface area contributed by atoms with Gasteiger partial charge in [-0.2, -0.15) is 13.1 Å². The highest BCUT2D eigenvalue weighted by atomic mass is 32.2. The maximum Gasteiger partial charge on any atom is 0.422 e. The highest BCUT2D eigenvalue weighted by Crippen LogP contribution is 2.09. The molecule has 0 fully saturated rings. The lowest BCUT2D eigenvalue weighted by Crippen LogP contribution is -2.49. The normalized spacial score (nSPS) is 14.2. The molecule has 0 heterocycles. The lowest BCUT2D eigenvalue weighted by molar-refractivity contribution is -0.156. The Labute approximate surface area is 125 Å². The number of hydrogen-bond donors (Lipinski definition) is 2. The molecule has 8 nitrogen and oxygen atoms in total. The number of carbonyl (C=O) groups is 2. The molecule has 0 aliphatic rings. The van der Waals surface area contributed by atoms with E-state index in [2.05, 4.69) is 0 Å². The molecule has 1 atom stereocenters. The van der Waals surface area contributed by atoms with E-state index in [0.717, 1.165) is 0 Å². The van der Waals surface area contributed by atoms with Crippen molar-refractivity contribution < 1.29 is 27.5 Å². The third-order valence-corrected chi connectivity index (χ3v) is 2.81. The Morgan fingerprint density at radius 1 is 0.952 bits per heavy atom. The van der Waals surface area contributed by atoms with Gasteiger partial charge in [-0.1, -0.05) is 0 Å². The monoisotopic (exact) mass is 324 g/mol. The summed E-state index contributed by atoms with van der Waals surface area (Å²) in [6.07, 6.45) is -1.13. The lowest BCUT2D eigenvalue weighted by atomic mass is 10.2. The van der Waals surface area contributed by atoms with Crippen molar-refractivity contribution in [2.45, 2.75) is 65.7 Å². The number of ether oxygens (including phenoxy) is 2. The summed E-state index contributed by atoms with van der Waals surface area (Å²) in [5.41, 5.74) is -1.58. The van der Waals surface area contributed by atoms with E-state index < -0.39 is 39.5 Å². The minimum absolute atomic E-state index is 0.741.